The monoisotopic (exact) mass is 267 g/mol. The van der Waals surface area contributed by atoms with E-state index < -0.39 is 11.2 Å². The summed E-state index contributed by atoms with van der Waals surface area (Å²) in [6.07, 6.45) is 0. The van der Waals surface area contributed by atoms with Gasteiger partial charge in [-0.3, -0.25) is 4.79 Å². The Morgan fingerprint density at radius 1 is 1.50 bits per heavy atom. The molecule has 5 heteroatoms. The van der Waals surface area contributed by atoms with Crippen LogP contribution in [0, 0.1) is 6.92 Å². The van der Waals surface area contributed by atoms with Crippen LogP contribution in [0.5, 0.6) is 5.75 Å². The van der Waals surface area contributed by atoms with Crippen molar-refractivity contribution >= 4 is 23.4 Å². The number of carboxylic acid groups (broad SMARTS) is 1. The third kappa shape index (κ3) is 1.92. The lowest BCUT2D eigenvalue weighted by Gasteiger charge is -2.38. The van der Waals surface area contributed by atoms with Crippen molar-refractivity contribution in [1.82, 2.24) is 0 Å². The topological polar surface area (TPSA) is 49.8 Å². The van der Waals surface area contributed by atoms with Gasteiger partial charge < -0.3 is 14.7 Å². The molecule has 0 aliphatic carbocycles. The molecule has 18 heavy (non-hydrogen) atoms. The van der Waals surface area contributed by atoms with Crippen molar-refractivity contribution in [2.45, 2.75) is 30.0 Å². The van der Waals surface area contributed by atoms with Crippen molar-refractivity contribution in [3.8, 4) is 5.75 Å². The molecule has 0 spiro atoms. The number of carboxylic acids is 1. The molecule has 0 bridgehead atoms. The fraction of sp³-hybridized carbons (Fsp3) is 0.462. The SMILES string of the molecule is COc1ccc(C)c2c1N(C)C(C)C(C(=O)O)S2. The summed E-state index contributed by atoms with van der Waals surface area (Å²) in [5.74, 6) is 0.0218. The van der Waals surface area contributed by atoms with Gasteiger partial charge in [-0.15, -0.1) is 11.8 Å². The Labute approximate surface area is 111 Å². The van der Waals surface area contributed by atoms with Crippen molar-refractivity contribution in [1.29, 1.82) is 0 Å². The fourth-order valence-electron chi connectivity index (χ4n) is 2.19. The maximum Gasteiger partial charge on any atom is 0.319 e. The van der Waals surface area contributed by atoms with Crippen LogP contribution in [0.25, 0.3) is 0 Å². The zero-order valence-electron chi connectivity index (χ0n) is 10.9. The van der Waals surface area contributed by atoms with E-state index in [0.29, 0.717) is 0 Å². The molecule has 1 N–H and O–H groups in total. The minimum absolute atomic E-state index is 0.0734. The second kappa shape index (κ2) is 4.72. The van der Waals surface area contributed by atoms with Gasteiger partial charge >= 0.3 is 5.97 Å². The molecule has 0 radical (unpaired) electrons. The number of carbonyl (C=O) groups is 1. The molecule has 1 aromatic rings. The summed E-state index contributed by atoms with van der Waals surface area (Å²) in [7, 11) is 3.55. The van der Waals surface area contributed by atoms with E-state index in [-0.39, 0.29) is 6.04 Å². The number of nitrogens with zero attached hydrogens (tertiary/aromatic N) is 1. The summed E-state index contributed by atoms with van der Waals surface area (Å²) in [6.45, 7) is 3.92. The van der Waals surface area contributed by atoms with E-state index in [0.717, 1.165) is 21.9 Å². The van der Waals surface area contributed by atoms with Crippen LogP contribution in [0.1, 0.15) is 12.5 Å². The first-order valence-electron chi connectivity index (χ1n) is 5.77. The van der Waals surface area contributed by atoms with Crippen LogP contribution < -0.4 is 9.64 Å². The maximum atomic E-state index is 11.3. The number of aliphatic carboxylic acids is 1. The quantitative estimate of drug-likeness (QED) is 0.891. The predicted molar refractivity (Wildman–Crippen MR) is 72.9 cm³/mol. The summed E-state index contributed by atoms with van der Waals surface area (Å²) >= 11 is 1.41. The van der Waals surface area contributed by atoms with Crippen molar-refractivity contribution in [2.24, 2.45) is 0 Å². The van der Waals surface area contributed by atoms with Gasteiger partial charge in [-0.25, -0.2) is 0 Å². The Hall–Kier alpha value is -1.36. The molecule has 0 saturated carbocycles. The lowest BCUT2D eigenvalue weighted by atomic mass is 10.1. The van der Waals surface area contributed by atoms with Crippen molar-refractivity contribution in [3.05, 3.63) is 17.7 Å². The first-order chi connectivity index (χ1) is 8.47. The van der Waals surface area contributed by atoms with Gasteiger partial charge in [0.25, 0.3) is 0 Å². The highest BCUT2D eigenvalue weighted by Gasteiger charge is 2.37. The molecular weight excluding hydrogens is 250 g/mol. The standard InChI is InChI=1S/C13H17NO3S/c1-7-5-6-9(17-4)10-11(7)18-12(13(15)16)8(2)14(10)3/h5-6,8,12H,1-4H3,(H,15,16). The Bertz CT molecular complexity index is 489. The number of thioether (sulfide) groups is 1. The number of aryl methyl sites for hydroxylation is 1. The van der Waals surface area contributed by atoms with Crippen LogP contribution in [-0.4, -0.2) is 36.5 Å². The fourth-order valence-corrected chi connectivity index (χ4v) is 3.53. The van der Waals surface area contributed by atoms with E-state index in [1.54, 1.807) is 7.11 Å². The minimum atomic E-state index is -0.771. The number of benzene rings is 1. The molecule has 0 aromatic heterocycles. The third-order valence-electron chi connectivity index (χ3n) is 3.40. The van der Waals surface area contributed by atoms with Crippen molar-refractivity contribution in [2.75, 3.05) is 19.1 Å². The number of hydrogen-bond donors (Lipinski definition) is 1. The van der Waals surface area contributed by atoms with Gasteiger partial charge in [-0.2, -0.15) is 0 Å². The number of rotatable bonds is 2. The molecule has 1 aliphatic heterocycles. The molecule has 2 rings (SSSR count). The number of anilines is 1. The normalized spacial score (nSPS) is 22.6. The first-order valence-corrected chi connectivity index (χ1v) is 6.65. The third-order valence-corrected chi connectivity index (χ3v) is 5.00. The smallest absolute Gasteiger partial charge is 0.319 e. The van der Waals surface area contributed by atoms with E-state index in [4.69, 9.17) is 4.74 Å². The molecule has 2 atom stereocenters. The van der Waals surface area contributed by atoms with Crippen LogP contribution in [-0.2, 0) is 4.79 Å². The zero-order valence-corrected chi connectivity index (χ0v) is 11.7. The van der Waals surface area contributed by atoms with E-state index in [9.17, 15) is 9.90 Å². The first kappa shape index (κ1) is 13.1. The molecule has 0 fully saturated rings. The number of fused-ring (bicyclic) bond motifs is 1. The average Bonchev–Trinajstić information content (AvgIpc) is 2.34. The number of methoxy groups -OCH3 is 1. The lowest BCUT2D eigenvalue weighted by molar-refractivity contribution is -0.136. The molecular formula is C13H17NO3S. The Kier molecular flexibility index (Phi) is 3.43. The second-order valence-corrected chi connectivity index (χ2v) is 5.64. The summed E-state index contributed by atoms with van der Waals surface area (Å²) in [5, 5.41) is 8.84. The summed E-state index contributed by atoms with van der Waals surface area (Å²) in [6, 6.07) is 3.82. The summed E-state index contributed by atoms with van der Waals surface area (Å²) in [4.78, 5) is 14.3. The van der Waals surface area contributed by atoms with Crippen molar-refractivity contribution in [3.63, 3.8) is 0 Å². The molecule has 0 saturated heterocycles. The van der Waals surface area contributed by atoms with Gasteiger partial charge in [-0.05, 0) is 25.5 Å². The Balaban J connectivity index is 2.57. The molecule has 2 unspecified atom stereocenters. The van der Waals surface area contributed by atoms with Crippen LogP contribution in [0.4, 0.5) is 5.69 Å². The molecule has 4 nitrogen and oxygen atoms in total. The van der Waals surface area contributed by atoms with Crippen LogP contribution in [0.3, 0.4) is 0 Å². The van der Waals surface area contributed by atoms with Gasteiger partial charge in [0.1, 0.15) is 11.0 Å². The Morgan fingerprint density at radius 3 is 2.72 bits per heavy atom. The molecule has 98 valence electrons. The highest BCUT2D eigenvalue weighted by atomic mass is 32.2. The highest BCUT2D eigenvalue weighted by Crippen LogP contribution is 2.47. The molecule has 1 heterocycles. The van der Waals surface area contributed by atoms with Gasteiger partial charge in [0.2, 0.25) is 0 Å². The second-order valence-electron chi connectivity index (χ2n) is 4.49. The highest BCUT2D eigenvalue weighted by molar-refractivity contribution is 8.01. The van der Waals surface area contributed by atoms with Gasteiger partial charge in [0.15, 0.2) is 0 Å². The zero-order chi connectivity index (χ0) is 13.4. The number of hydrogen-bond acceptors (Lipinski definition) is 4. The number of ether oxygens (including phenoxy) is 1. The van der Waals surface area contributed by atoms with Gasteiger partial charge in [0.05, 0.1) is 12.8 Å². The summed E-state index contributed by atoms with van der Waals surface area (Å²) < 4.78 is 5.38. The molecule has 1 aromatic carbocycles. The van der Waals surface area contributed by atoms with E-state index in [1.807, 2.05) is 37.9 Å². The van der Waals surface area contributed by atoms with Crippen LogP contribution in [0.2, 0.25) is 0 Å². The Morgan fingerprint density at radius 2 is 2.17 bits per heavy atom. The maximum absolute atomic E-state index is 11.3. The average molecular weight is 267 g/mol. The summed E-state index contributed by atoms with van der Waals surface area (Å²) in [5.41, 5.74) is 2.08. The minimum Gasteiger partial charge on any atom is -0.495 e. The molecule has 0 amide bonds. The van der Waals surface area contributed by atoms with E-state index >= 15 is 0 Å². The largest absolute Gasteiger partial charge is 0.495 e. The lowest BCUT2D eigenvalue weighted by Crippen LogP contribution is -2.44. The van der Waals surface area contributed by atoms with E-state index in [2.05, 4.69) is 0 Å². The van der Waals surface area contributed by atoms with Crippen LogP contribution >= 0.6 is 11.8 Å². The van der Waals surface area contributed by atoms with Crippen molar-refractivity contribution < 1.29 is 14.6 Å². The van der Waals surface area contributed by atoms with Gasteiger partial charge in [0, 0.05) is 18.0 Å². The van der Waals surface area contributed by atoms with E-state index in [1.165, 1.54) is 11.8 Å². The molecule has 1 aliphatic rings. The predicted octanol–water partition coefficient (Wildman–Crippen LogP) is 2.39. The van der Waals surface area contributed by atoms with Gasteiger partial charge in [-0.1, -0.05) is 6.07 Å². The van der Waals surface area contributed by atoms with Crippen LogP contribution in [0.15, 0.2) is 17.0 Å².